The molecule has 9 heteroatoms. The van der Waals surface area contributed by atoms with Crippen molar-refractivity contribution in [3.05, 3.63) is 142 Å². The summed E-state index contributed by atoms with van der Waals surface area (Å²) in [6.07, 6.45) is 0. The fourth-order valence-electron chi connectivity index (χ4n) is 6.68. The number of aryl methyl sites for hydroxylation is 1. The van der Waals surface area contributed by atoms with Crippen LogP contribution in [0.15, 0.2) is 97.1 Å². The predicted octanol–water partition coefficient (Wildman–Crippen LogP) is 6.21. The van der Waals surface area contributed by atoms with Crippen LogP contribution in [0.5, 0.6) is 0 Å². The first kappa shape index (κ1) is 30.6. The highest BCUT2D eigenvalue weighted by Gasteiger charge is 2.58. The summed E-state index contributed by atoms with van der Waals surface area (Å²) >= 11 is 6.27. The minimum atomic E-state index is -1.15. The Balaban J connectivity index is 1.62. The van der Waals surface area contributed by atoms with Gasteiger partial charge in [-0.05, 0) is 66.6 Å². The molecule has 2 fully saturated rings. The summed E-state index contributed by atoms with van der Waals surface area (Å²) in [6.45, 7) is 3.86. The Morgan fingerprint density at radius 2 is 1.42 bits per heavy atom. The molecule has 2 aliphatic heterocycles. The van der Waals surface area contributed by atoms with Crippen LogP contribution >= 0.6 is 11.6 Å². The van der Waals surface area contributed by atoms with Gasteiger partial charge in [0.1, 0.15) is 17.7 Å². The van der Waals surface area contributed by atoms with E-state index in [0.29, 0.717) is 47.9 Å². The van der Waals surface area contributed by atoms with Gasteiger partial charge < -0.3 is 15.1 Å². The van der Waals surface area contributed by atoms with E-state index in [-0.39, 0.29) is 17.3 Å². The number of carbonyl (C=O) groups excluding carboxylic acids is 3. The van der Waals surface area contributed by atoms with Crippen LogP contribution in [0.1, 0.15) is 49.4 Å². The number of likely N-dealkylation sites (tertiary alicyclic amines) is 1. The van der Waals surface area contributed by atoms with Gasteiger partial charge in [-0.2, -0.15) is 0 Å². The van der Waals surface area contributed by atoms with Gasteiger partial charge in [0.25, 0.3) is 5.91 Å². The van der Waals surface area contributed by atoms with Crippen LogP contribution in [0.2, 0.25) is 5.02 Å². The van der Waals surface area contributed by atoms with Crippen molar-refractivity contribution in [1.29, 1.82) is 0 Å². The lowest BCUT2D eigenvalue weighted by Crippen LogP contribution is -2.55. The Morgan fingerprint density at radius 1 is 0.778 bits per heavy atom. The number of hydrogen-bond acceptors (Lipinski definition) is 4. The van der Waals surface area contributed by atoms with E-state index >= 15 is 0 Å². The zero-order valence-electron chi connectivity index (χ0n) is 24.6. The molecule has 2 aliphatic rings. The standard InChI is InChI=1S/C36H32ClF2N3O3/c1-22-4-2-5-25(20-22)34(43)31-30(23-10-14-28(38)15-11-23)33(36(45)41-18-16-40-17-19-41)42(32(31)24-8-12-27(37)13-9-24)35(44)26-6-3-7-29(39)21-26/h2-15,20-21,30-33,40H,16-19H2,1H3. The average Bonchev–Trinajstić information content (AvgIpc) is 3.40. The molecule has 0 bridgehead atoms. The summed E-state index contributed by atoms with van der Waals surface area (Å²) in [5, 5.41) is 3.71. The third-order valence-electron chi connectivity index (χ3n) is 8.73. The number of halogens is 3. The van der Waals surface area contributed by atoms with Gasteiger partial charge in [0, 0.05) is 48.2 Å². The normalized spacial score (nSPS) is 21.5. The maximum Gasteiger partial charge on any atom is 0.255 e. The first-order valence-corrected chi connectivity index (χ1v) is 15.3. The molecular formula is C36H32ClF2N3O3. The van der Waals surface area contributed by atoms with Crippen LogP contribution in [-0.2, 0) is 4.79 Å². The summed E-state index contributed by atoms with van der Waals surface area (Å²) in [4.78, 5) is 47.2. The minimum Gasteiger partial charge on any atom is -0.338 e. The molecule has 2 saturated heterocycles. The first-order chi connectivity index (χ1) is 21.7. The van der Waals surface area contributed by atoms with E-state index in [1.165, 1.54) is 35.2 Å². The van der Waals surface area contributed by atoms with Crippen molar-refractivity contribution in [3.63, 3.8) is 0 Å². The van der Waals surface area contributed by atoms with Gasteiger partial charge in [0.15, 0.2) is 5.78 Å². The van der Waals surface area contributed by atoms with Gasteiger partial charge in [-0.15, -0.1) is 0 Å². The highest BCUT2D eigenvalue weighted by atomic mass is 35.5. The quantitative estimate of drug-likeness (QED) is 0.258. The summed E-state index contributed by atoms with van der Waals surface area (Å²) in [5.41, 5.74) is 2.50. The molecule has 4 atom stereocenters. The molecule has 4 aromatic carbocycles. The van der Waals surface area contributed by atoms with Gasteiger partial charge in [-0.3, -0.25) is 14.4 Å². The van der Waals surface area contributed by atoms with E-state index in [2.05, 4.69) is 5.32 Å². The van der Waals surface area contributed by atoms with Crippen molar-refractivity contribution in [2.45, 2.75) is 24.9 Å². The molecule has 6 rings (SSSR count). The number of carbonyl (C=O) groups is 3. The summed E-state index contributed by atoms with van der Waals surface area (Å²) < 4.78 is 28.8. The molecule has 45 heavy (non-hydrogen) atoms. The highest BCUT2D eigenvalue weighted by Crippen LogP contribution is 2.52. The molecule has 0 radical (unpaired) electrons. The van der Waals surface area contributed by atoms with Crippen molar-refractivity contribution >= 4 is 29.2 Å². The van der Waals surface area contributed by atoms with Gasteiger partial charge in [0.05, 0.1) is 12.0 Å². The van der Waals surface area contributed by atoms with Crippen molar-refractivity contribution in [3.8, 4) is 0 Å². The van der Waals surface area contributed by atoms with Gasteiger partial charge in [0.2, 0.25) is 5.91 Å². The largest absolute Gasteiger partial charge is 0.338 e. The Hall–Kier alpha value is -4.40. The smallest absolute Gasteiger partial charge is 0.255 e. The molecule has 0 spiro atoms. The van der Waals surface area contributed by atoms with E-state index in [0.717, 1.165) is 11.6 Å². The topological polar surface area (TPSA) is 69.7 Å². The summed E-state index contributed by atoms with van der Waals surface area (Å²) in [6, 6.07) is 23.0. The third kappa shape index (κ3) is 6.13. The first-order valence-electron chi connectivity index (χ1n) is 14.9. The lowest BCUT2D eigenvalue weighted by molar-refractivity contribution is -0.136. The monoisotopic (exact) mass is 627 g/mol. The zero-order chi connectivity index (χ0) is 31.7. The molecule has 230 valence electrons. The lowest BCUT2D eigenvalue weighted by Gasteiger charge is -2.36. The Morgan fingerprint density at radius 3 is 2.09 bits per heavy atom. The number of ketones is 1. The molecular weight excluding hydrogens is 596 g/mol. The molecule has 0 aromatic heterocycles. The highest BCUT2D eigenvalue weighted by molar-refractivity contribution is 6.30. The number of nitrogens with one attached hydrogen (secondary N) is 1. The molecule has 4 aromatic rings. The van der Waals surface area contributed by atoms with Gasteiger partial charge in [-0.25, -0.2) is 8.78 Å². The zero-order valence-corrected chi connectivity index (χ0v) is 25.4. The maximum absolute atomic E-state index is 14.8. The SMILES string of the molecule is Cc1cccc(C(=O)C2C(c3ccc(F)cc3)C(C(=O)N3CCNCC3)N(C(=O)c3cccc(F)c3)C2c2ccc(Cl)cc2)c1. The van der Waals surface area contributed by atoms with E-state index in [1.54, 1.807) is 59.5 Å². The number of amides is 2. The molecule has 1 N–H and O–H groups in total. The second kappa shape index (κ2) is 12.9. The van der Waals surface area contributed by atoms with E-state index in [4.69, 9.17) is 11.6 Å². The lowest BCUT2D eigenvalue weighted by atomic mass is 9.75. The van der Waals surface area contributed by atoms with Crippen LogP contribution in [-0.4, -0.2) is 59.6 Å². The third-order valence-corrected chi connectivity index (χ3v) is 8.98. The molecule has 4 unspecified atom stereocenters. The van der Waals surface area contributed by atoms with Crippen LogP contribution in [0, 0.1) is 24.5 Å². The number of Topliss-reactive ketones (excluding diaryl/α,β-unsaturated/α-hetero) is 1. The van der Waals surface area contributed by atoms with Gasteiger partial charge >= 0.3 is 0 Å². The molecule has 2 heterocycles. The molecule has 0 saturated carbocycles. The molecule has 0 aliphatic carbocycles. The fraction of sp³-hybridized carbons (Fsp3) is 0.250. The Kier molecular flexibility index (Phi) is 8.79. The summed E-state index contributed by atoms with van der Waals surface area (Å²) in [5.74, 6) is -4.04. The van der Waals surface area contributed by atoms with Crippen molar-refractivity contribution < 1.29 is 23.2 Å². The summed E-state index contributed by atoms with van der Waals surface area (Å²) in [7, 11) is 0. The van der Waals surface area contributed by atoms with E-state index in [9.17, 15) is 23.2 Å². The number of nitrogens with zero attached hydrogens (tertiary/aromatic N) is 2. The van der Waals surface area contributed by atoms with Crippen LogP contribution < -0.4 is 5.32 Å². The average molecular weight is 628 g/mol. The fourth-order valence-corrected chi connectivity index (χ4v) is 6.81. The van der Waals surface area contributed by atoms with Crippen LogP contribution in [0.25, 0.3) is 0 Å². The minimum absolute atomic E-state index is 0.0496. The molecule has 6 nitrogen and oxygen atoms in total. The number of hydrogen-bond donors (Lipinski definition) is 1. The second-order valence-electron chi connectivity index (χ2n) is 11.6. The van der Waals surface area contributed by atoms with Crippen LogP contribution in [0.3, 0.4) is 0 Å². The van der Waals surface area contributed by atoms with Crippen molar-refractivity contribution in [2.24, 2.45) is 5.92 Å². The number of rotatable bonds is 6. The maximum atomic E-state index is 14.8. The number of piperazine rings is 1. The Bertz CT molecular complexity index is 1720. The predicted molar refractivity (Wildman–Crippen MR) is 168 cm³/mol. The number of benzene rings is 4. The van der Waals surface area contributed by atoms with Crippen molar-refractivity contribution in [2.75, 3.05) is 26.2 Å². The molecule has 2 amide bonds. The van der Waals surface area contributed by atoms with Crippen LogP contribution in [0.4, 0.5) is 8.78 Å². The van der Waals surface area contributed by atoms with E-state index in [1.807, 2.05) is 13.0 Å². The Labute approximate surface area is 265 Å². The van der Waals surface area contributed by atoms with Crippen molar-refractivity contribution in [1.82, 2.24) is 15.1 Å². The van der Waals surface area contributed by atoms with E-state index < -0.39 is 41.5 Å². The second-order valence-corrected chi connectivity index (χ2v) is 12.0. The van der Waals surface area contributed by atoms with Gasteiger partial charge in [-0.1, -0.05) is 65.7 Å².